The number of carbonyl (C=O) groups excluding carboxylic acids is 3. The van der Waals surface area contributed by atoms with Crippen LogP contribution >= 0.6 is 0 Å². The van der Waals surface area contributed by atoms with Gasteiger partial charge in [-0.1, -0.05) is 6.07 Å². The lowest BCUT2D eigenvalue weighted by atomic mass is 10.0. The lowest BCUT2D eigenvalue weighted by Gasteiger charge is -2.29. The van der Waals surface area contributed by atoms with E-state index >= 15 is 0 Å². The van der Waals surface area contributed by atoms with Gasteiger partial charge in [-0.25, -0.2) is 9.18 Å². The Labute approximate surface area is 188 Å². The van der Waals surface area contributed by atoms with E-state index in [0.29, 0.717) is 5.06 Å². The summed E-state index contributed by atoms with van der Waals surface area (Å²) in [6, 6.07) is 1.21. The molecule has 4 amide bonds. The molecule has 2 aliphatic heterocycles. The van der Waals surface area contributed by atoms with E-state index in [2.05, 4.69) is 15.1 Å². The highest BCUT2D eigenvalue weighted by atomic mass is 32.3. The predicted molar refractivity (Wildman–Crippen MR) is 109 cm³/mol. The average Bonchev–Trinajstić information content (AvgIpc) is 2.95. The molecule has 1 aromatic carbocycles. The van der Waals surface area contributed by atoms with Gasteiger partial charge in [0.25, 0.3) is 5.91 Å². The quantitative estimate of drug-likeness (QED) is 0.270. The molecule has 5 N–H and O–H groups in total. The first-order valence-electron chi connectivity index (χ1n) is 9.97. The van der Waals surface area contributed by atoms with Crippen molar-refractivity contribution in [2.75, 3.05) is 13.2 Å². The number of benzene rings is 1. The summed E-state index contributed by atoms with van der Waals surface area (Å²) in [6.07, 6.45) is 0.0262. The van der Waals surface area contributed by atoms with Gasteiger partial charge in [0.05, 0.1) is 12.5 Å². The van der Waals surface area contributed by atoms with Crippen molar-refractivity contribution in [3.63, 3.8) is 0 Å². The van der Waals surface area contributed by atoms with Gasteiger partial charge in [-0.15, -0.1) is 4.28 Å². The van der Waals surface area contributed by atoms with E-state index in [1.807, 2.05) is 0 Å². The molecular formula is C18H24FN5O8S. The van der Waals surface area contributed by atoms with Crippen molar-refractivity contribution in [2.24, 2.45) is 5.73 Å². The first kappa shape index (κ1) is 24.6. The number of nitrogens with two attached hydrogens (primary N) is 1. The van der Waals surface area contributed by atoms with Crippen molar-refractivity contribution >= 4 is 28.2 Å². The van der Waals surface area contributed by atoms with Crippen molar-refractivity contribution in [1.82, 2.24) is 20.8 Å². The Kier molecular flexibility index (Phi) is 7.36. The van der Waals surface area contributed by atoms with Crippen LogP contribution in [0.2, 0.25) is 0 Å². The number of nitrogens with zero attached hydrogens (tertiary/aromatic N) is 2. The van der Waals surface area contributed by atoms with Crippen LogP contribution in [0.5, 0.6) is 5.75 Å². The number of halogens is 1. The Balaban J connectivity index is 1.52. The van der Waals surface area contributed by atoms with Crippen LogP contribution in [0.15, 0.2) is 18.2 Å². The summed E-state index contributed by atoms with van der Waals surface area (Å²) in [5, 5.41) is 0.505. The zero-order valence-electron chi connectivity index (χ0n) is 17.6. The molecule has 0 unspecified atom stereocenters. The number of amides is 4. The summed E-state index contributed by atoms with van der Waals surface area (Å²) in [7, 11) is -4.90. The van der Waals surface area contributed by atoms with Crippen LogP contribution in [0.1, 0.15) is 25.3 Å². The highest BCUT2D eigenvalue weighted by Crippen LogP contribution is 2.30. The van der Waals surface area contributed by atoms with Gasteiger partial charge in [0.1, 0.15) is 24.2 Å². The molecule has 2 heterocycles. The van der Waals surface area contributed by atoms with Crippen LogP contribution in [-0.4, -0.2) is 72.1 Å². The van der Waals surface area contributed by atoms with Crippen LogP contribution in [-0.2, 0) is 30.7 Å². The van der Waals surface area contributed by atoms with E-state index in [9.17, 15) is 27.2 Å². The standard InChI is InChI=1S/C18H24FN5O8S/c1-10(20)9-31-13-4-2-11(14(19)7-13)6-16(25)21-22-17(26)15-5-3-12-8-23(15)18(27)24(12)32-33(28,29)30/h2,4,7,10,12,15H,3,5-6,8-9,20H2,1H3,(H,21,25)(H,22,26)(H,28,29,30)/t10-,12+,15-/m0/s1. The molecule has 15 heteroatoms. The van der Waals surface area contributed by atoms with Crippen LogP contribution in [0, 0.1) is 5.82 Å². The molecule has 2 fully saturated rings. The van der Waals surface area contributed by atoms with Gasteiger partial charge in [-0.3, -0.25) is 25.0 Å². The smallest absolute Gasteiger partial charge is 0.418 e. The number of ether oxygens (including phenoxy) is 1. The molecule has 0 radical (unpaired) electrons. The zero-order valence-corrected chi connectivity index (χ0v) is 18.4. The number of hydrogen-bond acceptors (Lipinski definition) is 8. The first-order valence-corrected chi connectivity index (χ1v) is 11.3. The number of fused-ring (bicyclic) bond motifs is 2. The van der Waals surface area contributed by atoms with E-state index in [1.54, 1.807) is 6.92 Å². The Morgan fingerprint density at radius 1 is 1.33 bits per heavy atom. The maximum Gasteiger partial charge on any atom is 0.418 e. The van der Waals surface area contributed by atoms with Crippen molar-refractivity contribution in [3.05, 3.63) is 29.6 Å². The summed E-state index contributed by atoms with van der Waals surface area (Å²) in [4.78, 5) is 38.0. The van der Waals surface area contributed by atoms with E-state index in [0.717, 1.165) is 11.0 Å². The van der Waals surface area contributed by atoms with Gasteiger partial charge in [-0.2, -0.15) is 13.5 Å². The summed E-state index contributed by atoms with van der Waals surface area (Å²) >= 11 is 0. The van der Waals surface area contributed by atoms with Gasteiger partial charge < -0.3 is 15.4 Å². The molecule has 3 rings (SSSR count). The molecule has 1 aromatic rings. The van der Waals surface area contributed by atoms with Crippen LogP contribution in [0.25, 0.3) is 0 Å². The second-order valence-corrected chi connectivity index (χ2v) is 8.77. The normalized spacial score (nSPS) is 21.0. The topological polar surface area (TPSA) is 181 Å². The molecule has 0 saturated carbocycles. The van der Waals surface area contributed by atoms with Gasteiger partial charge in [-0.05, 0) is 31.4 Å². The molecular weight excluding hydrogens is 465 g/mol. The van der Waals surface area contributed by atoms with E-state index in [-0.39, 0.29) is 49.8 Å². The summed E-state index contributed by atoms with van der Waals surface area (Å²) < 4.78 is 54.5. The number of hydrazine groups is 1. The first-order chi connectivity index (χ1) is 15.4. The zero-order chi connectivity index (χ0) is 24.3. The van der Waals surface area contributed by atoms with Crippen LogP contribution in [0.3, 0.4) is 0 Å². The monoisotopic (exact) mass is 489 g/mol. The Morgan fingerprint density at radius 3 is 2.70 bits per heavy atom. The molecule has 3 atom stereocenters. The molecule has 13 nitrogen and oxygen atoms in total. The lowest BCUT2D eigenvalue weighted by molar-refractivity contribution is -0.131. The van der Waals surface area contributed by atoms with Gasteiger partial charge in [0.15, 0.2) is 0 Å². The molecule has 0 spiro atoms. The third kappa shape index (κ3) is 6.28. The van der Waals surface area contributed by atoms with E-state index < -0.39 is 46.1 Å². The number of hydrogen-bond donors (Lipinski definition) is 4. The van der Waals surface area contributed by atoms with Crippen molar-refractivity contribution in [1.29, 1.82) is 0 Å². The minimum absolute atomic E-state index is 0.00293. The highest BCUT2D eigenvalue weighted by molar-refractivity contribution is 7.80. The summed E-state index contributed by atoms with van der Waals surface area (Å²) in [5.41, 5.74) is 9.99. The number of carbonyl (C=O) groups is 3. The Bertz CT molecular complexity index is 1040. The highest BCUT2D eigenvalue weighted by Gasteiger charge is 2.49. The second-order valence-electron chi connectivity index (χ2n) is 7.77. The van der Waals surface area contributed by atoms with Crippen molar-refractivity contribution in [2.45, 2.75) is 44.3 Å². The lowest BCUT2D eigenvalue weighted by Crippen LogP contribution is -2.54. The van der Waals surface area contributed by atoms with Gasteiger partial charge in [0.2, 0.25) is 5.91 Å². The molecule has 182 valence electrons. The molecule has 2 saturated heterocycles. The minimum Gasteiger partial charge on any atom is -0.492 e. The third-order valence-corrected chi connectivity index (χ3v) is 5.36. The Hall–Kier alpha value is -3.01. The van der Waals surface area contributed by atoms with E-state index in [4.69, 9.17) is 15.0 Å². The fraction of sp³-hybridized carbons (Fsp3) is 0.500. The molecule has 0 aliphatic carbocycles. The molecule has 0 aromatic heterocycles. The number of hydroxylamine groups is 2. The van der Waals surface area contributed by atoms with E-state index in [1.165, 1.54) is 12.1 Å². The number of nitrogens with one attached hydrogen (secondary N) is 2. The van der Waals surface area contributed by atoms with Gasteiger partial charge in [0, 0.05) is 18.7 Å². The minimum atomic E-state index is -4.90. The van der Waals surface area contributed by atoms with Crippen molar-refractivity contribution < 1.29 is 40.8 Å². The summed E-state index contributed by atoms with van der Waals surface area (Å²) in [5.74, 6) is -1.83. The maximum atomic E-state index is 14.2. The number of rotatable bonds is 8. The second kappa shape index (κ2) is 9.86. The largest absolute Gasteiger partial charge is 0.492 e. The fourth-order valence-electron chi connectivity index (χ4n) is 3.52. The third-order valence-electron chi connectivity index (χ3n) is 5.01. The number of urea groups is 1. The van der Waals surface area contributed by atoms with Crippen LogP contribution in [0.4, 0.5) is 9.18 Å². The van der Waals surface area contributed by atoms with Gasteiger partial charge >= 0.3 is 16.4 Å². The average molecular weight is 489 g/mol. The SMILES string of the molecule is C[C@H](N)COc1ccc(CC(=O)NNC(=O)[C@@H]2CC[C@@H]3CN2C(=O)N3OS(=O)(=O)O)c(F)c1. The molecule has 33 heavy (non-hydrogen) atoms. The predicted octanol–water partition coefficient (Wildman–Crippen LogP) is -0.755. The number of piperidine rings is 1. The maximum absolute atomic E-state index is 14.2. The fourth-order valence-corrected chi connectivity index (χ4v) is 3.91. The van der Waals surface area contributed by atoms with Crippen molar-refractivity contribution in [3.8, 4) is 5.75 Å². The Morgan fingerprint density at radius 2 is 2.06 bits per heavy atom. The molecule has 2 aliphatic rings. The molecule has 2 bridgehead atoms. The summed E-state index contributed by atoms with van der Waals surface area (Å²) in [6.45, 7) is 1.94. The van der Waals surface area contributed by atoms with Crippen LogP contribution < -0.4 is 21.3 Å².